The lowest BCUT2D eigenvalue weighted by Crippen LogP contribution is -2.40. The van der Waals surface area contributed by atoms with Gasteiger partial charge in [0.05, 0.1) is 17.0 Å². The topological polar surface area (TPSA) is 46.2 Å². The number of rotatable bonds is 5. The monoisotopic (exact) mass is 301 g/mol. The van der Waals surface area contributed by atoms with Gasteiger partial charge in [-0.25, -0.2) is 8.42 Å². The molecule has 1 fully saturated rings. The molecule has 0 radical (unpaired) electrons. The van der Waals surface area contributed by atoms with E-state index in [9.17, 15) is 8.42 Å². The Kier molecular flexibility index (Phi) is 5.03. The maximum atomic E-state index is 12.4. The van der Waals surface area contributed by atoms with Crippen LogP contribution in [0.25, 0.3) is 0 Å². The molecule has 1 aliphatic rings. The fourth-order valence-electron chi connectivity index (χ4n) is 2.75. The first kappa shape index (κ1) is 15.0. The van der Waals surface area contributed by atoms with Crippen molar-refractivity contribution >= 4 is 21.2 Å². The van der Waals surface area contributed by atoms with E-state index in [0.29, 0.717) is 5.75 Å². The maximum Gasteiger partial charge on any atom is 0.155 e. The third-order valence-corrected chi connectivity index (χ3v) is 7.19. The minimum absolute atomic E-state index is 0.0229. The Labute approximate surface area is 120 Å². The Hall–Kier alpha value is -0.390. The summed E-state index contributed by atoms with van der Waals surface area (Å²) in [4.78, 5) is 1.20. The molecule has 0 spiro atoms. The standard InChI is InChI=1S/C14H23NO2S2/c1-3-8-15-13(14-11(2)7-9-18-14)12-6-4-5-10-19(12,16)17/h7,9,12-13,15H,3-6,8,10H2,1-2H3. The predicted molar refractivity (Wildman–Crippen MR) is 81.5 cm³/mol. The van der Waals surface area contributed by atoms with Crippen LogP contribution in [0.15, 0.2) is 11.4 Å². The Morgan fingerprint density at radius 3 is 2.84 bits per heavy atom. The largest absolute Gasteiger partial charge is 0.308 e. The van der Waals surface area contributed by atoms with Crippen LogP contribution in [0.5, 0.6) is 0 Å². The molecule has 0 amide bonds. The van der Waals surface area contributed by atoms with Crippen LogP contribution in [-0.4, -0.2) is 26.0 Å². The van der Waals surface area contributed by atoms with Crippen molar-refractivity contribution in [3.8, 4) is 0 Å². The highest BCUT2D eigenvalue weighted by atomic mass is 32.2. The molecule has 108 valence electrons. The van der Waals surface area contributed by atoms with Crippen LogP contribution in [0.4, 0.5) is 0 Å². The summed E-state index contributed by atoms with van der Waals surface area (Å²) >= 11 is 1.68. The first-order chi connectivity index (χ1) is 9.06. The van der Waals surface area contributed by atoms with Crippen LogP contribution < -0.4 is 5.32 Å². The molecular formula is C14H23NO2S2. The molecule has 0 aliphatic carbocycles. The second-order valence-electron chi connectivity index (χ2n) is 5.30. The van der Waals surface area contributed by atoms with Gasteiger partial charge in [-0.1, -0.05) is 13.3 Å². The van der Waals surface area contributed by atoms with E-state index in [1.54, 1.807) is 11.3 Å². The van der Waals surface area contributed by atoms with Crippen molar-refractivity contribution in [3.05, 3.63) is 21.9 Å². The van der Waals surface area contributed by atoms with Gasteiger partial charge < -0.3 is 5.32 Å². The van der Waals surface area contributed by atoms with Gasteiger partial charge in [-0.15, -0.1) is 11.3 Å². The molecule has 1 N–H and O–H groups in total. The Morgan fingerprint density at radius 2 is 2.26 bits per heavy atom. The Bertz CT molecular complexity index is 507. The molecule has 0 bridgehead atoms. The number of hydrogen-bond acceptors (Lipinski definition) is 4. The summed E-state index contributed by atoms with van der Waals surface area (Å²) in [7, 11) is -2.95. The smallest absolute Gasteiger partial charge is 0.155 e. The summed E-state index contributed by atoms with van der Waals surface area (Å²) in [5.41, 5.74) is 1.21. The van der Waals surface area contributed by atoms with Gasteiger partial charge in [0, 0.05) is 4.88 Å². The molecular weight excluding hydrogens is 278 g/mol. The van der Waals surface area contributed by atoms with Gasteiger partial charge in [-0.2, -0.15) is 0 Å². The van der Waals surface area contributed by atoms with E-state index >= 15 is 0 Å². The van der Waals surface area contributed by atoms with Crippen molar-refractivity contribution in [2.24, 2.45) is 0 Å². The summed E-state index contributed by atoms with van der Waals surface area (Å²) in [5.74, 6) is 0.354. The molecule has 2 unspecified atom stereocenters. The van der Waals surface area contributed by atoms with Crippen LogP contribution in [0.2, 0.25) is 0 Å². The first-order valence-corrected chi connectivity index (χ1v) is 9.64. The van der Waals surface area contributed by atoms with E-state index in [-0.39, 0.29) is 11.3 Å². The number of nitrogens with one attached hydrogen (secondary N) is 1. The van der Waals surface area contributed by atoms with E-state index in [2.05, 4.69) is 30.6 Å². The molecule has 1 aliphatic heterocycles. The molecule has 0 saturated carbocycles. The molecule has 3 nitrogen and oxygen atoms in total. The van der Waals surface area contributed by atoms with E-state index in [4.69, 9.17) is 0 Å². The zero-order valence-corrected chi connectivity index (χ0v) is 13.3. The Morgan fingerprint density at radius 1 is 1.47 bits per heavy atom. The zero-order valence-electron chi connectivity index (χ0n) is 11.7. The van der Waals surface area contributed by atoms with Crippen LogP contribution in [0.1, 0.15) is 49.1 Å². The molecule has 1 saturated heterocycles. The second kappa shape index (κ2) is 6.37. The van der Waals surface area contributed by atoms with Crippen molar-refractivity contribution < 1.29 is 8.42 Å². The van der Waals surface area contributed by atoms with Crippen LogP contribution in [0.3, 0.4) is 0 Å². The fraction of sp³-hybridized carbons (Fsp3) is 0.714. The molecule has 19 heavy (non-hydrogen) atoms. The van der Waals surface area contributed by atoms with Crippen molar-refractivity contribution in [1.29, 1.82) is 0 Å². The zero-order chi connectivity index (χ0) is 13.9. The van der Waals surface area contributed by atoms with Gasteiger partial charge in [-0.05, 0) is 49.7 Å². The lowest BCUT2D eigenvalue weighted by molar-refractivity contribution is 0.450. The highest BCUT2D eigenvalue weighted by Gasteiger charge is 2.37. The second-order valence-corrected chi connectivity index (χ2v) is 8.59. The third kappa shape index (κ3) is 3.38. The normalized spacial score (nSPS) is 24.2. The van der Waals surface area contributed by atoms with Crippen LogP contribution >= 0.6 is 11.3 Å². The minimum atomic E-state index is -2.95. The quantitative estimate of drug-likeness (QED) is 0.909. The predicted octanol–water partition coefficient (Wildman–Crippen LogP) is 3.06. The van der Waals surface area contributed by atoms with Crippen molar-refractivity contribution in [3.63, 3.8) is 0 Å². The van der Waals surface area contributed by atoms with Gasteiger partial charge in [0.1, 0.15) is 0 Å². The summed E-state index contributed by atoms with van der Waals surface area (Å²) in [6.45, 7) is 5.05. The lowest BCUT2D eigenvalue weighted by atomic mass is 10.0. The van der Waals surface area contributed by atoms with Crippen LogP contribution in [0, 0.1) is 6.92 Å². The number of aryl methyl sites for hydroxylation is 1. The van der Waals surface area contributed by atoms with Gasteiger partial charge >= 0.3 is 0 Å². The number of sulfone groups is 1. The van der Waals surface area contributed by atoms with E-state index in [1.165, 1.54) is 10.4 Å². The SMILES string of the molecule is CCCNC(c1sccc1C)C1CCCCS1(=O)=O. The molecule has 5 heteroatoms. The highest BCUT2D eigenvalue weighted by molar-refractivity contribution is 7.92. The molecule has 2 rings (SSSR count). The summed E-state index contributed by atoms with van der Waals surface area (Å²) in [6.07, 6.45) is 3.66. The van der Waals surface area contributed by atoms with Crippen molar-refractivity contribution in [2.45, 2.75) is 50.8 Å². The van der Waals surface area contributed by atoms with Gasteiger partial charge in [0.2, 0.25) is 0 Å². The van der Waals surface area contributed by atoms with E-state index < -0.39 is 9.84 Å². The minimum Gasteiger partial charge on any atom is -0.308 e. The summed E-state index contributed by atoms with van der Waals surface area (Å²) < 4.78 is 24.7. The summed E-state index contributed by atoms with van der Waals surface area (Å²) in [5, 5.41) is 5.28. The molecule has 1 aromatic rings. The summed E-state index contributed by atoms with van der Waals surface area (Å²) in [6, 6.07) is 2.06. The van der Waals surface area contributed by atoms with Crippen LogP contribution in [-0.2, 0) is 9.84 Å². The number of hydrogen-bond donors (Lipinski definition) is 1. The van der Waals surface area contributed by atoms with Gasteiger partial charge in [0.15, 0.2) is 9.84 Å². The fourth-order valence-corrected chi connectivity index (χ4v) is 5.98. The lowest BCUT2D eigenvalue weighted by Gasteiger charge is -2.30. The highest BCUT2D eigenvalue weighted by Crippen LogP contribution is 2.34. The maximum absolute atomic E-state index is 12.4. The van der Waals surface area contributed by atoms with Crippen molar-refractivity contribution in [2.75, 3.05) is 12.3 Å². The Balaban J connectivity index is 2.29. The number of thiophene rings is 1. The van der Waals surface area contributed by atoms with Gasteiger partial charge in [-0.3, -0.25) is 0 Å². The third-order valence-electron chi connectivity index (χ3n) is 3.80. The molecule has 0 aromatic carbocycles. The van der Waals surface area contributed by atoms with Gasteiger partial charge in [0.25, 0.3) is 0 Å². The molecule has 2 atom stereocenters. The van der Waals surface area contributed by atoms with Crippen molar-refractivity contribution in [1.82, 2.24) is 5.32 Å². The average molecular weight is 301 g/mol. The molecule has 1 aromatic heterocycles. The van der Waals surface area contributed by atoms with E-state index in [0.717, 1.165) is 32.2 Å². The van der Waals surface area contributed by atoms with E-state index in [1.807, 2.05) is 0 Å². The first-order valence-electron chi connectivity index (χ1n) is 7.05. The average Bonchev–Trinajstić information content (AvgIpc) is 2.78. The molecule has 2 heterocycles.